The topological polar surface area (TPSA) is 96.0 Å². The van der Waals surface area contributed by atoms with Gasteiger partial charge in [-0.3, -0.25) is 19.2 Å². The highest BCUT2D eigenvalue weighted by Crippen LogP contribution is 2.21. The number of hydrogen-bond acceptors (Lipinski definition) is 8. The number of hydrogen-bond donors (Lipinski definition) is 0. The smallest absolute Gasteiger partial charge is 0.455 e. The normalized spacial score (nSPS) is 10.6. The van der Waals surface area contributed by atoms with Crippen LogP contribution >= 0.6 is 11.8 Å². The van der Waals surface area contributed by atoms with Crippen molar-refractivity contribution in [3.05, 3.63) is 0 Å². The summed E-state index contributed by atoms with van der Waals surface area (Å²) >= 11 is 1.09. The van der Waals surface area contributed by atoms with Gasteiger partial charge in [-0.15, -0.1) is 0 Å². The van der Waals surface area contributed by atoms with Gasteiger partial charge < -0.3 is 13.3 Å². The van der Waals surface area contributed by atoms with Crippen LogP contribution in [0, 0.1) is 0 Å². The zero-order valence-electron chi connectivity index (χ0n) is 11.9. The van der Waals surface area contributed by atoms with Gasteiger partial charge in [0, 0.05) is 33.4 Å². The molecule has 0 saturated carbocycles. The van der Waals surface area contributed by atoms with Gasteiger partial charge in [0.05, 0.1) is 6.04 Å². The number of carbonyl (C=O) groups excluding carboxylic acids is 4. The summed E-state index contributed by atoms with van der Waals surface area (Å²) in [6.45, 7) is 4.84. The van der Waals surface area contributed by atoms with Gasteiger partial charge in [-0.05, 0) is 6.42 Å². The number of rotatable bonds is 7. The van der Waals surface area contributed by atoms with Crippen LogP contribution in [0.25, 0.3) is 0 Å². The number of carbonyl (C=O) groups is 4. The van der Waals surface area contributed by atoms with Crippen LogP contribution in [0.3, 0.4) is 0 Å². The molecule has 0 amide bonds. The minimum atomic E-state index is -3.73. The van der Waals surface area contributed by atoms with Gasteiger partial charge in [0.25, 0.3) is 17.9 Å². The summed E-state index contributed by atoms with van der Waals surface area (Å²) in [6.07, 6.45) is 0.407. The van der Waals surface area contributed by atoms with Gasteiger partial charge in [0.1, 0.15) is 0 Å². The van der Waals surface area contributed by atoms with Crippen molar-refractivity contribution >= 4 is 43.6 Å². The fourth-order valence-corrected chi connectivity index (χ4v) is 4.56. The van der Waals surface area contributed by atoms with Crippen molar-refractivity contribution in [2.75, 3.05) is 5.75 Å². The molecule has 7 nitrogen and oxygen atoms in total. The van der Waals surface area contributed by atoms with Crippen LogP contribution in [0.2, 0.25) is 6.04 Å². The van der Waals surface area contributed by atoms with E-state index in [1.807, 2.05) is 0 Å². The Balaban J connectivity index is 4.85. The monoisotopic (exact) mass is 322 g/mol. The quantitative estimate of drug-likeness (QED) is 0.511. The van der Waals surface area contributed by atoms with Crippen LogP contribution in [0.15, 0.2) is 0 Å². The average Bonchev–Trinajstić information content (AvgIpc) is 2.20. The fraction of sp³-hybridized carbons (Fsp3) is 0.636. The summed E-state index contributed by atoms with van der Waals surface area (Å²) in [6, 6.07) is 0.0893. The van der Waals surface area contributed by atoms with Gasteiger partial charge >= 0.3 is 8.80 Å². The highest BCUT2D eigenvalue weighted by atomic mass is 32.2. The minimum absolute atomic E-state index is 0.0512. The Morgan fingerprint density at radius 2 is 1.25 bits per heavy atom. The lowest BCUT2D eigenvalue weighted by Crippen LogP contribution is -2.49. The molecule has 0 heterocycles. The first-order chi connectivity index (χ1) is 9.17. The molecule has 0 unspecified atom stereocenters. The van der Waals surface area contributed by atoms with Gasteiger partial charge in [-0.25, -0.2) is 0 Å². The van der Waals surface area contributed by atoms with Crippen LogP contribution in [0.4, 0.5) is 0 Å². The Kier molecular flexibility index (Phi) is 8.15. The van der Waals surface area contributed by atoms with Crippen LogP contribution in [-0.2, 0) is 32.5 Å². The first kappa shape index (κ1) is 18.6. The largest absolute Gasteiger partial charge is 0.705 e. The molecule has 0 aromatic carbocycles. The fourth-order valence-electron chi connectivity index (χ4n) is 1.38. The van der Waals surface area contributed by atoms with E-state index in [4.69, 9.17) is 13.3 Å². The van der Waals surface area contributed by atoms with E-state index >= 15 is 0 Å². The maximum absolute atomic E-state index is 11.1. The first-order valence-corrected chi connectivity index (χ1v) is 8.81. The third-order valence-electron chi connectivity index (χ3n) is 1.83. The van der Waals surface area contributed by atoms with Crippen molar-refractivity contribution < 1.29 is 32.5 Å². The Labute approximate surface area is 122 Å². The summed E-state index contributed by atoms with van der Waals surface area (Å²) in [7, 11) is -3.73. The molecule has 0 aliphatic heterocycles. The molecule has 0 radical (unpaired) electrons. The Hall–Kier alpha value is -1.35. The van der Waals surface area contributed by atoms with Crippen molar-refractivity contribution in [3.63, 3.8) is 0 Å². The second-order valence-corrected chi connectivity index (χ2v) is 7.66. The zero-order chi connectivity index (χ0) is 15.8. The molecular weight excluding hydrogens is 304 g/mol. The Morgan fingerprint density at radius 1 is 0.850 bits per heavy atom. The molecule has 0 aliphatic rings. The molecule has 0 aromatic heterocycles. The second kappa shape index (κ2) is 8.75. The summed E-state index contributed by atoms with van der Waals surface area (Å²) in [5, 5.41) is -0.0512. The van der Waals surface area contributed by atoms with Crippen LogP contribution in [0.1, 0.15) is 34.1 Å². The van der Waals surface area contributed by atoms with Gasteiger partial charge in [-0.2, -0.15) is 0 Å². The van der Waals surface area contributed by atoms with Crippen LogP contribution in [-0.4, -0.2) is 37.6 Å². The predicted octanol–water partition coefficient (Wildman–Crippen LogP) is 1.28. The minimum Gasteiger partial charge on any atom is -0.455 e. The average molecular weight is 322 g/mol. The lowest BCUT2D eigenvalue weighted by molar-refractivity contribution is -0.147. The molecule has 114 valence electrons. The molecule has 9 heteroatoms. The van der Waals surface area contributed by atoms with E-state index in [0.29, 0.717) is 12.2 Å². The third kappa shape index (κ3) is 8.70. The van der Waals surface area contributed by atoms with E-state index in [2.05, 4.69) is 0 Å². The van der Waals surface area contributed by atoms with E-state index in [0.717, 1.165) is 32.5 Å². The standard InChI is InChI=1S/C11H18O7SSi/c1-8(12)16-20(17-9(2)13,18-10(3)14)7-5-6-19-11(4)15/h5-7H2,1-4H3. The maximum Gasteiger partial charge on any atom is 0.705 e. The van der Waals surface area contributed by atoms with E-state index < -0.39 is 26.7 Å². The highest BCUT2D eigenvalue weighted by Gasteiger charge is 2.51. The molecule has 0 bridgehead atoms. The summed E-state index contributed by atoms with van der Waals surface area (Å²) in [4.78, 5) is 44.2. The molecule has 0 fully saturated rings. The molecule has 0 saturated heterocycles. The summed E-state index contributed by atoms with van der Waals surface area (Å²) in [5.41, 5.74) is 0. The lowest BCUT2D eigenvalue weighted by atomic mass is 10.6. The molecule has 0 aromatic rings. The summed E-state index contributed by atoms with van der Waals surface area (Å²) in [5.74, 6) is -1.64. The van der Waals surface area contributed by atoms with Crippen molar-refractivity contribution in [1.29, 1.82) is 0 Å². The van der Waals surface area contributed by atoms with E-state index in [-0.39, 0.29) is 11.2 Å². The van der Waals surface area contributed by atoms with Gasteiger partial charge in [-0.1, -0.05) is 11.8 Å². The van der Waals surface area contributed by atoms with Crippen molar-refractivity contribution in [2.24, 2.45) is 0 Å². The van der Waals surface area contributed by atoms with Crippen LogP contribution < -0.4 is 0 Å². The van der Waals surface area contributed by atoms with Gasteiger partial charge in [0.2, 0.25) is 0 Å². The molecule has 0 spiro atoms. The molecule has 0 aliphatic carbocycles. The zero-order valence-corrected chi connectivity index (χ0v) is 13.7. The molecule has 20 heavy (non-hydrogen) atoms. The number of thioether (sulfide) groups is 1. The summed E-state index contributed by atoms with van der Waals surface area (Å²) < 4.78 is 15.0. The molecule has 0 atom stereocenters. The second-order valence-electron chi connectivity index (χ2n) is 3.91. The lowest BCUT2D eigenvalue weighted by Gasteiger charge is -2.26. The van der Waals surface area contributed by atoms with E-state index in [9.17, 15) is 19.2 Å². The highest BCUT2D eigenvalue weighted by molar-refractivity contribution is 8.13. The van der Waals surface area contributed by atoms with Gasteiger partial charge in [0.15, 0.2) is 5.12 Å². The van der Waals surface area contributed by atoms with Crippen molar-refractivity contribution in [3.8, 4) is 0 Å². The third-order valence-corrected chi connectivity index (χ3v) is 5.49. The predicted molar refractivity (Wildman–Crippen MR) is 73.6 cm³/mol. The Morgan fingerprint density at radius 3 is 1.55 bits per heavy atom. The SMILES string of the molecule is CC(=O)O[Si](CCCSC(C)=O)(OC(C)=O)OC(C)=O. The Bertz CT molecular complexity index is 355. The van der Waals surface area contributed by atoms with E-state index in [1.54, 1.807) is 0 Å². The molecule has 0 N–H and O–H groups in total. The van der Waals surface area contributed by atoms with Crippen molar-refractivity contribution in [2.45, 2.75) is 40.2 Å². The van der Waals surface area contributed by atoms with E-state index in [1.165, 1.54) is 6.92 Å². The van der Waals surface area contributed by atoms with Crippen LogP contribution in [0.5, 0.6) is 0 Å². The first-order valence-electron chi connectivity index (χ1n) is 5.89. The molecular formula is C11H18O7SSi. The van der Waals surface area contributed by atoms with Crippen molar-refractivity contribution in [1.82, 2.24) is 0 Å². The maximum atomic E-state index is 11.1. The molecule has 0 rings (SSSR count).